The van der Waals surface area contributed by atoms with Gasteiger partial charge in [-0.2, -0.15) is 15.0 Å². The first kappa shape index (κ1) is 20.1. The van der Waals surface area contributed by atoms with Gasteiger partial charge in [0.25, 0.3) is 0 Å². The van der Waals surface area contributed by atoms with Crippen LogP contribution >= 0.6 is 0 Å². The molecule has 0 spiro atoms. The Morgan fingerprint density at radius 3 is 2.55 bits per heavy atom. The van der Waals surface area contributed by atoms with Crippen LogP contribution in [-0.4, -0.2) is 27.0 Å². The summed E-state index contributed by atoms with van der Waals surface area (Å²) in [6.45, 7) is 5.43. The summed E-state index contributed by atoms with van der Waals surface area (Å²) in [6, 6.07) is 15.2. The highest BCUT2D eigenvalue weighted by atomic mass is 16.6. The van der Waals surface area contributed by atoms with E-state index in [-0.39, 0.29) is 24.3 Å². The maximum atomic E-state index is 12.2. The molecule has 3 aromatic rings. The average molecular weight is 393 g/mol. The molecule has 0 aliphatic carbocycles. The van der Waals surface area contributed by atoms with E-state index in [1.54, 1.807) is 13.0 Å². The maximum absolute atomic E-state index is 12.2. The van der Waals surface area contributed by atoms with Gasteiger partial charge in [0.15, 0.2) is 18.5 Å². The Balaban J connectivity index is 1.60. The van der Waals surface area contributed by atoms with Crippen LogP contribution < -0.4 is 15.8 Å². The number of benzene rings is 2. The number of carbonyl (C=O) groups is 1. The maximum Gasteiger partial charge on any atom is 0.347 e. The van der Waals surface area contributed by atoms with E-state index in [0.29, 0.717) is 5.75 Å². The number of rotatable bonds is 7. The highest BCUT2D eigenvalue weighted by molar-refractivity contribution is 5.74. The van der Waals surface area contributed by atoms with Crippen LogP contribution in [0, 0.1) is 13.8 Å². The average Bonchev–Trinajstić information content (AvgIpc) is 2.67. The Kier molecular flexibility index (Phi) is 6.23. The molecule has 8 heteroatoms. The molecule has 0 unspecified atom stereocenters. The molecule has 1 heterocycles. The van der Waals surface area contributed by atoms with Gasteiger partial charge in [-0.05, 0) is 50.6 Å². The van der Waals surface area contributed by atoms with Crippen molar-refractivity contribution in [3.05, 3.63) is 65.5 Å². The number of nitrogens with zero attached hydrogens (tertiary/aromatic N) is 3. The summed E-state index contributed by atoms with van der Waals surface area (Å²) in [4.78, 5) is 24.6. The highest BCUT2D eigenvalue weighted by Gasteiger charge is 2.17. The van der Waals surface area contributed by atoms with Crippen molar-refractivity contribution in [2.24, 2.45) is 0 Å². The third-order valence-electron chi connectivity index (χ3n) is 3.98. The Morgan fingerprint density at radius 1 is 1.07 bits per heavy atom. The zero-order valence-corrected chi connectivity index (χ0v) is 16.5. The number of nitrogens with two attached hydrogens (primary N) is 1. The predicted molar refractivity (Wildman–Crippen MR) is 110 cm³/mol. The lowest BCUT2D eigenvalue weighted by Crippen LogP contribution is -2.26. The van der Waals surface area contributed by atoms with Gasteiger partial charge in [0.05, 0.1) is 0 Å². The van der Waals surface area contributed by atoms with Gasteiger partial charge < -0.3 is 20.5 Å². The predicted octanol–water partition coefficient (Wildman–Crippen LogP) is 3.32. The van der Waals surface area contributed by atoms with Crippen molar-refractivity contribution in [2.45, 2.75) is 33.5 Å². The second kappa shape index (κ2) is 9.01. The summed E-state index contributed by atoms with van der Waals surface area (Å²) in [5, 5.41) is 3.05. The van der Waals surface area contributed by atoms with Crippen molar-refractivity contribution in [2.75, 3.05) is 11.1 Å². The van der Waals surface area contributed by atoms with Crippen LogP contribution in [-0.2, 0) is 16.1 Å². The molecule has 0 aliphatic heterocycles. The van der Waals surface area contributed by atoms with Gasteiger partial charge in [-0.1, -0.05) is 29.8 Å². The van der Waals surface area contributed by atoms with Crippen molar-refractivity contribution in [3.8, 4) is 5.75 Å². The van der Waals surface area contributed by atoms with Crippen molar-refractivity contribution >= 4 is 23.6 Å². The first-order valence-corrected chi connectivity index (χ1v) is 9.13. The molecule has 8 nitrogen and oxygen atoms in total. The fourth-order valence-electron chi connectivity index (χ4n) is 2.52. The summed E-state index contributed by atoms with van der Waals surface area (Å²) >= 11 is 0. The fourth-order valence-corrected chi connectivity index (χ4v) is 2.52. The van der Waals surface area contributed by atoms with Crippen LogP contribution in [0.3, 0.4) is 0 Å². The van der Waals surface area contributed by atoms with Crippen molar-refractivity contribution in [3.63, 3.8) is 0 Å². The molecule has 2 aromatic carbocycles. The van der Waals surface area contributed by atoms with Gasteiger partial charge >= 0.3 is 5.97 Å². The van der Waals surface area contributed by atoms with Gasteiger partial charge in [-0.15, -0.1) is 0 Å². The summed E-state index contributed by atoms with van der Waals surface area (Å²) < 4.78 is 10.9. The van der Waals surface area contributed by atoms with E-state index in [0.717, 1.165) is 16.8 Å². The number of ether oxygens (including phenoxy) is 2. The summed E-state index contributed by atoms with van der Waals surface area (Å²) in [5.74, 6) is 0.617. The molecule has 150 valence electrons. The number of nitrogens with one attached hydrogen (secondary N) is 1. The number of hydrogen-bond donors (Lipinski definition) is 2. The molecule has 0 aliphatic rings. The van der Waals surface area contributed by atoms with Crippen molar-refractivity contribution in [1.82, 2.24) is 15.0 Å². The molecule has 0 fully saturated rings. The number of esters is 1. The van der Waals surface area contributed by atoms with Gasteiger partial charge in [0, 0.05) is 5.69 Å². The molecule has 3 N–H and O–H groups in total. The molecule has 29 heavy (non-hydrogen) atoms. The number of aryl methyl sites for hydroxylation is 2. The van der Waals surface area contributed by atoms with Crippen LogP contribution in [0.5, 0.6) is 5.75 Å². The molecular weight excluding hydrogens is 370 g/mol. The summed E-state index contributed by atoms with van der Waals surface area (Å²) in [6.07, 6.45) is -0.777. The van der Waals surface area contributed by atoms with E-state index in [1.807, 2.05) is 56.3 Å². The molecule has 0 radical (unpaired) electrons. The van der Waals surface area contributed by atoms with Crippen LogP contribution in [0.15, 0.2) is 48.5 Å². The van der Waals surface area contributed by atoms with Crippen LogP contribution in [0.4, 0.5) is 17.6 Å². The zero-order chi connectivity index (χ0) is 20.8. The summed E-state index contributed by atoms with van der Waals surface area (Å²) in [5.41, 5.74) is 8.74. The van der Waals surface area contributed by atoms with Crippen molar-refractivity contribution < 1.29 is 14.3 Å². The first-order chi connectivity index (χ1) is 13.9. The number of hydrogen-bond acceptors (Lipinski definition) is 8. The minimum Gasteiger partial charge on any atom is -0.479 e. The third kappa shape index (κ3) is 5.90. The zero-order valence-electron chi connectivity index (χ0n) is 16.5. The second-order valence-corrected chi connectivity index (χ2v) is 6.61. The van der Waals surface area contributed by atoms with Gasteiger partial charge in [-0.25, -0.2) is 4.79 Å². The number of anilines is 3. The van der Waals surface area contributed by atoms with E-state index in [9.17, 15) is 4.79 Å². The Morgan fingerprint density at radius 2 is 1.83 bits per heavy atom. The second-order valence-electron chi connectivity index (χ2n) is 6.61. The normalized spacial score (nSPS) is 11.6. The molecular formula is C21H23N5O3. The Hall–Kier alpha value is -3.68. The lowest BCUT2D eigenvalue weighted by Gasteiger charge is -2.14. The van der Waals surface area contributed by atoms with Crippen LogP contribution in [0.2, 0.25) is 0 Å². The third-order valence-corrected chi connectivity index (χ3v) is 3.98. The lowest BCUT2D eigenvalue weighted by molar-refractivity contribution is -0.152. The molecule has 1 atom stereocenters. The molecule has 1 aromatic heterocycles. The molecule has 3 rings (SSSR count). The number of nitrogen functional groups attached to an aromatic ring is 1. The Bertz CT molecular complexity index is 992. The fraction of sp³-hybridized carbons (Fsp3) is 0.238. The van der Waals surface area contributed by atoms with E-state index in [4.69, 9.17) is 15.2 Å². The minimum absolute atomic E-state index is 0.0321. The minimum atomic E-state index is -0.777. The van der Waals surface area contributed by atoms with E-state index in [1.165, 1.54) is 0 Å². The number of carbonyl (C=O) groups excluding carboxylic acids is 1. The van der Waals surface area contributed by atoms with Gasteiger partial charge in [-0.3, -0.25) is 0 Å². The van der Waals surface area contributed by atoms with Crippen LogP contribution in [0.1, 0.15) is 23.9 Å². The SMILES string of the molecule is Cc1ccc(Nc2nc(N)nc(COC(=O)[C@H](C)Oc3cccc(C)c3)n2)cc1. The highest BCUT2D eigenvalue weighted by Crippen LogP contribution is 2.16. The molecule has 0 amide bonds. The topological polar surface area (TPSA) is 112 Å². The van der Waals surface area contributed by atoms with Gasteiger partial charge in [0.1, 0.15) is 5.75 Å². The van der Waals surface area contributed by atoms with Gasteiger partial charge in [0.2, 0.25) is 11.9 Å². The van der Waals surface area contributed by atoms with E-state index >= 15 is 0 Å². The standard InChI is InChI=1S/C21H23N5O3/c1-13-7-9-16(10-8-13)23-21-25-18(24-20(22)26-21)12-28-19(27)15(3)29-17-6-4-5-14(2)11-17/h4-11,15H,12H2,1-3H3,(H3,22,23,24,25,26)/t15-/m0/s1. The Labute approximate surface area is 169 Å². The largest absolute Gasteiger partial charge is 0.479 e. The molecule has 0 bridgehead atoms. The summed E-state index contributed by atoms with van der Waals surface area (Å²) in [7, 11) is 0. The van der Waals surface area contributed by atoms with E-state index < -0.39 is 12.1 Å². The smallest absolute Gasteiger partial charge is 0.347 e. The molecule has 0 saturated carbocycles. The first-order valence-electron chi connectivity index (χ1n) is 9.13. The molecule has 0 saturated heterocycles. The number of aromatic nitrogens is 3. The monoisotopic (exact) mass is 393 g/mol. The van der Waals surface area contributed by atoms with E-state index in [2.05, 4.69) is 20.3 Å². The quantitative estimate of drug-likeness (QED) is 0.588. The van der Waals surface area contributed by atoms with Crippen LogP contribution in [0.25, 0.3) is 0 Å². The van der Waals surface area contributed by atoms with Crippen molar-refractivity contribution in [1.29, 1.82) is 0 Å². The lowest BCUT2D eigenvalue weighted by atomic mass is 10.2.